The van der Waals surface area contributed by atoms with Crippen LogP contribution < -0.4 is 10.1 Å². The second-order valence-electron chi connectivity index (χ2n) is 5.98. The number of pyridine rings is 1. The molecule has 118 valence electrons. The van der Waals surface area contributed by atoms with Gasteiger partial charge in [-0.05, 0) is 49.8 Å². The first-order chi connectivity index (χ1) is 10.8. The SMILES string of the molecule is COc1cccc2c(C)cc(NCC[C@@H]3CCCOC3)nc12. The molecule has 1 aromatic heterocycles. The Bertz CT molecular complexity index is 636. The zero-order valence-electron chi connectivity index (χ0n) is 13.4. The van der Waals surface area contributed by atoms with Crippen LogP contribution in [-0.2, 0) is 4.74 Å². The van der Waals surface area contributed by atoms with Crippen LogP contribution in [0.5, 0.6) is 5.75 Å². The van der Waals surface area contributed by atoms with E-state index >= 15 is 0 Å². The van der Waals surface area contributed by atoms with Crippen LogP contribution in [0.3, 0.4) is 0 Å². The van der Waals surface area contributed by atoms with Crippen molar-refractivity contribution in [3.63, 3.8) is 0 Å². The van der Waals surface area contributed by atoms with E-state index in [4.69, 9.17) is 14.5 Å². The van der Waals surface area contributed by atoms with Crippen LogP contribution in [0.15, 0.2) is 24.3 Å². The topological polar surface area (TPSA) is 43.4 Å². The number of nitrogens with one attached hydrogen (secondary N) is 1. The second kappa shape index (κ2) is 6.97. The highest BCUT2D eigenvalue weighted by molar-refractivity contribution is 5.88. The van der Waals surface area contributed by atoms with Crippen LogP contribution >= 0.6 is 0 Å². The third-order valence-electron chi connectivity index (χ3n) is 4.34. The van der Waals surface area contributed by atoms with Crippen molar-refractivity contribution in [3.05, 3.63) is 29.8 Å². The quantitative estimate of drug-likeness (QED) is 0.912. The number of methoxy groups -OCH3 is 1. The van der Waals surface area contributed by atoms with Gasteiger partial charge in [0.25, 0.3) is 0 Å². The summed E-state index contributed by atoms with van der Waals surface area (Å²) >= 11 is 0. The maximum Gasteiger partial charge on any atom is 0.145 e. The zero-order valence-corrected chi connectivity index (χ0v) is 13.4. The average Bonchev–Trinajstić information content (AvgIpc) is 2.55. The highest BCUT2D eigenvalue weighted by Crippen LogP contribution is 2.28. The molecule has 0 aliphatic carbocycles. The third-order valence-corrected chi connectivity index (χ3v) is 4.34. The van der Waals surface area contributed by atoms with E-state index in [2.05, 4.69) is 24.4 Å². The molecule has 4 nitrogen and oxygen atoms in total. The van der Waals surface area contributed by atoms with Crippen molar-refractivity contribution in [1.29, 1.82) is 0 Å². The predicted octanol–water partition coefficient (Wildman–Crippen LogP) is 3.78. The number of ether oxygens (including phenoxy) is 2. The predicted molar refractivity (Wildman–Crippen MR) is 89.7 cm³/mol. The molecule has 0 saturated carbocycles. The molecule has 3 rings (SSSR count). The lowest BCUT2D eigenvalue weighted by atomic mass is 9.99. The Kier molecular flexibility index (Phi) is 4.78. The molecule has 1 saturated heterocycles. The molecule has 1 aliphatic heterocycles. The van der Waals surface area contributed by atoms with E-state index in [0.717, 1.165) is 48.6 Å². The lowest BCUT2D eigenvalue weighted by Crippen LogP contribution is -2.20. The van der Waals surface area contributed by atoms with Gasteiger partial charge in [0.05, 0.1) is 7.11 Å². The first-order valence-corrected chi connectivity index (χ1v) is 8.04. The van der Waals surface area contributed by atoms with Crippen molar-refractivity contribution >= 4 is 16.7 Å². The van der Waals surface area contributed by atoms with Gasteiger partial charge in [-0.1, -0.05) is 12.1 Å². The van der Waals surface area contributed by atoms with Crippen LogP contribution in [0.1, 0.15) is 24.8 Å². The highest BCUT2D eigenvalue weighted by atomic mass is 16.5. The number of hydrogen-bond donors (Lipinski definition) is 1. The van der Waals surface area contributed by atoms with Crippen LogP contribution in [0, 0.1) is 12.8 Å². The Morgan fingerprint density at radius 3 is 3.09 bits per heavy atom. The fraction of sp³-hybridized carbons (Fsp3) is 0.500. The summed E-state index contributed by atoms with van der Waals surface area (Å²) in [5, 5.41) is 4.60. The van der Waals surface area contributed by atoms with Crippen molar-refractivity contribution in [2.45, 2.75) is 26.2 Å². The number of rotatable bonds is 5. The van der Waals surface area contributed by atoms with Gasteiger partial charge in [0.15, 0.2) is 0 Å². The summed E-state index contributed by atoms with van der Waals surface area (Å²) in [7, 11) is 1.69. The molecule has 0 bridgehead atoms. The van der Waals surface area contributed by atoms with Crippen molar-refractivity contribution < 1.29 is 9.47 Å². The van der Waals surface area contributed by atoms with E-state index in [0.29, 0.717) is 5.92 Å². The third kappa shape index (κ3) is 3.33. The number of aryl methyl sites for hydroxylation is 1. The number of anilines is 1. The van der Waals surface area contributed by atoms with E-state index < -0.39 is 0 Å². The summed E-state index contributed by atoms with van der Waals surface area (Å²) in [6.45, 7) is 4.87. The molecule has 1 aliphatic rings. The van der Waals surface area contributed by atoms with Gasteiger partial charge in [0.2, 0.25) is 0 Å². The Hall–Kier alpha value is -1.81. The molecule has 0 radical (unpaired) electrons. The van der Waals surface area contributed by atoms with E-state index in [1.165, 1.54) is 18.4 Å². The van der Waals surface area contributed by atoms with E-state index in [9.17, 15) is 0 Å². The number of nitrogens with zero attached hydrogens (tertiary/aromatic N) is 1. The summed E-state index contributed by atoms with van der Waals surface area (Å²) in [4.78, 5) is 4.72. The number of fused-ring (bicyclic) bond motifs is 1. The molecule has 1 N–H and O–H groups in total. The number of aromatic nitrogens is 1. The Balaban J connectivity index is 1.71. The van der Waals surface area contributed by atoms with Crippen LogP contribution in [0.4, 0.5) is 5.82 Å². The van der Waals surface area contributed by atoms with Crippen molar-refractivity contribution in [2.24, 2.45) is 5.92 Å². The molecule has 22 heavy (non-hydrogen) atoms. The molecule has 0 amide bonds. The fourth-order valence-electron chi connectivity index (χ4n) is 3.09. The number of para-hydroxylation sites is 1. The molecular formula is C18H24N2O2. The van der Waals surface area contributed by atoms with Crippen LogP contribution in [0.2, 0.25) is 0 Å². The minimum atomic E-state index is 0.678. The summed E-state index contributed by atoms with van der Waals surface area (Å²) in [5.74, 6) is 2.42. The van der Waals surface area contributed by atoms with Gasteiger partial charge in [-0.2, -0.15) is 0 Å². The molecule has 2 heterocycles. The van der Waals surface area contributed by atoms with Crippen molar-refractivity contribution in [1.82, 2.24) is 4.98 Å². The Labute approximate surface area is 131 Å². The lowest BCUT2D eigenvalue weighted by molar-refractivity contribution is 0.0530. The molecule has 0 spiro atoms. The van der Waals surface area contributed by atoms with E-state index in [1.807, 2.05) is 12.1 Å². The highest BCUT2D eigenvalue weighted by Gasteiger charge is 2.13. The van der Waals surface area contributed by atoms with Gasteiger partial charge in [0, 0.05) is 25.1 Å². The second-order valence-corrected chi connectivity index (χ2v) is 5.98. The first-order valence-electron chi connectivity index (χ1n) is 8.04. The summed E-state index contributed by atoms with van der Waals surface area (Å²) in [5.41, 5.74) is 2.14. The van der Waals surface area contributed by atoms with Crippen molar-refractivity contribution in [2.75, 3.05) is 32.2 Å². The monoisotopic (exact) mass is 300 g/mol. The van der Waals surface area contributed by atoms with Gasteiger partial charge in [-0.3, -0.25) is 0 Å². The molecule has 0 unspecified atom stereocenters. The van der Waals surface area contributed by atoms with Gasteiger partial charge in [-0.25, -0.2) is 4.98 Å². The number of benzene rings is 1. The largest absolute Gasteiger partial charge is 0.494 e. The Morgan fingerprint density at radius 1 is 1.41 bits per heavy atom. The van der Waals surface area contributed by atoms with Gasteiger partial charge < -0.3 is 14.8 Å². The molecule has 1 fully saturated rings. The maximum absolute atomic E-state index is 5.53. The lowest BCUT2D eigenvalue weighted by Gasteiger charge is -2.22. The minimum absolute atomic E-state index is 0.678. The average molecular weight is 300 g/mol. The Morgan fingerprint density at radius 2 is 2.32 bits per heavy atom. The molecule has 2 aromatic rings. The molecular weight excluding hydrogens is 276 g/mol. The summed E-state index contributed by atoms with van der Waals surface area (Å²) < 4.78 is 11.0. The summed E-state index contributed by atoms with van der Waals surface area (Å²) in [6.07, 6.45) is 3.60. The van der Waals surface area contributed by atoms with Crippen LogP contribution in [0.25, 0.3) is 10.9 Å². The van der Waals surface area contributed by atoms with E-state index in [1.54, 1.807) is 7.11 Å². The molecule has 1 aromatic carbocycles. The summed E-state index contributed by atoms with van der Waals surface area (Å²) in [6, 6.07) is 8.16. The zero-order chi connectivity index (χ0) is 15.4. The normalized spacial score (nSPS) is 18.4. The van der Waals surface area contributed by atoms with Gasteiger partial charge in [-0.15, -0.1) is 0 Å². The molecule has 1 atom stereocenters. The first kappa shape index (κ1) is 15.1. The smallest absolute Gasteiger partial charge is 0.145 e. The van der Waals surface area contributed by atoms with Gasteiger partial charge in [0.1, 0.15) is 17.1 Å². The van der Waals surface area contributed by atoms with E-state index in [-0.39, 0.29) is 0 Å². The fourth-order valence-corrected chi connectivity index (χ4v) is 3.09. The minimum Gasteiger partial charge on any atom is -0.494 e. The number of hydrogen-bond acceptors (Lipinski definition) is 4. The molecule has 4 heteroatoms. The van der Waals surface area contributed by atoms with Gasteiger partial charge >= 0.3 is 0 Å². The van der Waals surface area contributed by atoms with Crippen LogP contribution in [-0.4, -0.2) is 31.9 Å². The van der Waals surface area contributed by atoms with Crippen molar-refractivity contribution in [3.8, 4) is 5.75 Å². The standard InChI is InChI=1S/C18H24N2O2/c1-13-11-17(19-9-8-14-5-4-10-22-12-14)20-18-15(13)6-3-7-16(18)21-2/h3,6-7,11,14H,4-5,8-10,12H2,1-2H3,(H,19,20)/t14-/m0/s1. The maximum atomic E-state index is 5.53.